The van der Waals surface area contributed by atoms with E-state index >= 15 is 0 Å². The number of benzene rings is 1. The van der Waals surface area contributed by atoms with Crippen LogP contribution in [0.15, 0.2) is 29.4 Å². The first kappa shape index (κ1) is 20.7. The number of nitrogens with zero attached hydrogens (tertiary/aromatic N) is 4. The molecule has 9 heteroatoms. The number of thioether (sulfide) groups is 1. The number of hydrogen-bond acceptors (Lipinski definition) is 6. The van der Waals surface area contributed by atoms with Crippen molar-refractivity contribution in [2.24, 2.45) is 13.0 Å². The third-order valence-corrected chi connectivity index (χ3v) is 5.99. The van der Waals surface area contributed by atoms with Gasteiger partial charge in [-0.3, -0.25) is 9.59 Å². The molecule has 1 saturated heterocycles. The molecule has 0 spiro atoms. The number of amides is 1. The van der Waals surface area contributed by atoms with Crippen LogP contribution >= 0.6 is 23.4 Å². The lowest BCUT2D eigenvalue weighted by atomic mass is 9.97. The Hall–Kier alpha value is -2.06. The van der Waals surface area contributed by atoms with Crippen molar-refractivity contribution in [3.63, 3.8) is 0 Å². The molecular formula is C19H23ClN4O3S. The molecule has 0 atom stereocenters. The van der Waals surface area contributed by atoms with E-state index in [0.717, 1.165) is 11.4 Å². The standard InChI is InChI=1S/C19H23ClN4O3S/c1-3-27-18(26)14-8-10-24(11-9-14)16(25)12-28-19-22-21-17(23(19)2)13-4-6-15(20)7-5-13/h4-7,14H,3,8-12H2,1-2H3. The maximum Gasteiger partial charge on any atom is 0.309 e. The molecule has 0 saturated carbocycles. The average Bonchev–Trinajstić information content (AvgIpc) is 3.07. The molecule has 1 aromatic carbocycles. The van der Waals surface area contributed by atoms with Crippen LogP contribution < -0.4 is 0 Å². The molecule has 150 valence electrons. The molecule has 0 bridgehead atoms. The van der Waals surface area contributed by atoms with Crippen molar-refractivity contribution in [1.82, 2.24) is 19.7 Å². The zero-order valence-corrected chi connectivity index (χ0v) is 17.5. The fraction of sp³-hybridized carbons (Fsp3) is 0.474. The summed E-state index contributed by atoms with van der Waals surface area (Å²) in [4.78, 5) is 26.1. The predicted octanol–water partition coefficient (Wildman–Crippen LogP) is 3.03. The van der Waals surface area contributed by atoms with E-state index < -0.39 is 0 Å². The summed E-state index contributed by atoms with van der Waals surface area (Å²) >= 11 is 7.29. The Bertz CT molecular complexity index is 832. The first-order chi connectivity index (χ1) is 13.5. The Morgan fingerprint density at radius 2 is 1.89 bits per heavy atom. The van der Waals surface area contributed by atoms with Crippen LogP contribution in [0.2, 0.25) is 5.02 Å². The monoisotopic (exact) mass is 422 g/mol. The van der Waals surface area contributed by atoms with E-state index in [1.807, 2.05) is 35.9 Å². The van der Waals surface area contributed by atoms with Crippen molar-refractivity contribution in [1.29, 1.82) is 0 Å². The minimum Gasteiger partial charge on any atom is -0.466 e. The summed E-state index contributed by atoms with van der Waals surface area (Å²) < 4.78 is 6.94. The molecule has 0 radical (unpaired) electrons. The number of hydrogen-bond donors (Lipinski definition) is 0. The van der Waals surface area contributed by atoms with Gasteiger partial charge in [-0.05, 0) is 44.0 Å². The van der Waals surface area contributed by atoms with Gasteiger partial charge in [0.05, 0.1) is 18.3 Å². The fourth-order valence-electron chi connectivity index (χ4n) is 3.13. The quantitative estimate of drug-likeness (QED) is 0.526. The summed E-state index contributed by atoms with van der Waals surface area (Å²) in [5, 5.41) is 9.77. The van der Waals surface area contributed by atoms with Crippen LogP contribution in [-0.2, 0) is 21.4 Å². The van der Waals surface area contributed by atoms with Crippen molar-refractivity contribution in [2.75, 3.05) is 25.4 Å². The minimum absolute atomic E-state index is 0.0448. The second-order valence-electron chi connectivity index (χ2n) is 6.57. The highest BCUT2D eigenvalue weighted by atomic mass is 35.5. The average molecular weight is 423 g/mol. The minimum atomic E-state index is -0.155. The van der Waals surface area contributed by atoms with Crippen molar-refractivity contribution in [3.05, 3.63) is 29.3 Å². The number of carbonyl (C=O) groups is 2. The first-order valence-electron chi connectivity index (χ1n) is 9.22. The summed E-state index contributed by atoms with van der Waals surface area (Å²) in [5.41, 5.74) is 0.915. The number of ether oxygens (including phenoxy) is 1. The molecule has 0 N–H and O–H groups in total. The zero-order chi connectivity index (χ0) is 20.1. The first-order valence-corrected chi connectivity index (χ1v) is 10.6. The van der Waals surface area contributed by atoms with Gasteiger partial charge < -0.3 is 14.2 Å². The van der Waals surface area contributed by atoms with Crippen LogP contribution in [0.25, 0.3) is 11.4 Å². The lowest BCUT2D eigenvalue weighted by molar-refractivity contribution is -0.151. The highest BCUT2D eigenvalue weighted by molar-refractivity contribution is 7.99. The van der Waals surface area contributed by atoms with Gasteiger partial charge in [0, 0.05) is 30.7 Å². The summed E-state index contributed by atoms with van der Waals surface area (Å²) in [6.45, 7) is 3.36. The highest BCUT2D eigenvalue weighted by Crippen LogP contribution is 2.25. The Balaban J connectivity index is 1.53. The van der Waals surface area contributed by atoms with E-state index in [1.54, 1.807) is 11.8 Å². The number of halogens is 1. The number of esters is 1. The van der Waals surface area contributed by atoms with E-state index in [1.165, 1.54) is 11.8 Å². The largest absolute Gasteiger partial charge is 0.466 e. The summed E-state index contributed by atoms with van der Waals surface area (Å²) in [5.74, 6) is 0.803. The topological polar surface area (TPSA) is 77.3 Å². The Morgan fingerprint density at radius 1 is 1.21 bits per heavy atom. The van der Waals surface area contributed by atoms with Crippen LogP contribution in [0.3, 0.4) is 0 Å². The molecule has 1 amide bonds. The lowest BCUT2D eigenvalue weighted by Crippen LogP contribution is -2.41. The third kappa shape index (κ3) is 4.86. The van der Waals surface area contributed by atoms with Crippen LogP contribution in [0, 0.1) is 5.92 Å². The fourth-order valence-corrected chi connectivity index (χ4v) is 4.07. The number of carbonyl (C=O) groups excluding carboxylic acids is 2. The predicted molar refractivity (Wildman–Crippen MR) is 108 cm³/mol. The highest BCUT2D eigenvalue weighted by Gasteiger charge is 2.28. The zero-order valence-electron chi connectivity index (χ0n) is 15.9. The van der Waals surface area contributed by atoms with Gasteiger partial charge in [-0.25, -0.2) is 0 Å². The molecule has 1 aliphatic heterocycles. The van der Waals surface area contributed by atoms with E-state index in [4.69, 9.17) is 16.3 Å². The van der Waals surface area contributed by atoms with Crippen molar-refractivity contribution in [3.8, 4) is 11.4 Å². The molecule has 7 nitrogen and oxygen atoms in total. The summed E-state index contributed by atoms with van der Waals surface area (Å²) in [6.07, 6.45) is 1.31. The van der Waals surface area contributed by atoms with Gasteiger partial charge >= 0.3 is 5.97 Å². The summed E-state index contributed by atoms with van der Waals surface area (Å²) in [6, 6.07) is 7.39. The van der Waals surface area contributed by atoms with Gasteiger partial charge in [0.25, 0.3) is 0 Å². The van der Waals surface area contributed by atoms with Gasteiger partial charge in [-0.1, -0.05) is 23.4 Å². The van der Waals surface area contributed by atoms with Crippen molar-refractivity contribution < 1.29 is 14.3 Å². The van der Waals surface area contributed by atoms with Gasteiger partial charge in [0.2, 0.25) is 5.91 Å². The molecular weight excluding hydrogens is 400 g/mol. The van der Waals surface area contributed by atoms with E-state index in [-0.39, 0.29) is 23.5 Å². The van der Waals surface area contributed by atoms with Crippen LogP contribution in [-0.4, -0.2) is 57.0 Å². The summed E-state index contributed by atoms with van der Waals surface area (Å²) in [7, 11) is 1.88. The van der Waals surface area contributed by atoms with Gasteiger partial charge in [-0.15, -0.1) is 10.2 Å². The number of likely N-dealkylation sites (tertiary alicyclic amines) is 1. The van der Waals surface area contributed by atoms with E-state index in [0.29, 0.717) is 42.7 Å². The maximum atomic E-state index is 12.5. The number of aromatic nitrogens is 3. The van der Waals surface area contributed by atoms with Crippen LogP contribution in [0.5, 0.6) is 0 Å². The Morgan fingerprint density at radius 3 is 2.54 bits per heavy atom. The van der Waals surface area contributed by atoms with Crippen LogP contribution in [0.4, 0.5) is 0 Å². The third-order valence-electron chi connectivity index (χ3n) is 4.73. The van der Waals surface area contributed by atoms with Gasteiger partial charge in [-0.2, -0.15) is 0 Å². The van der Waals surface area contributed by atoms with Gasteiger partial charge in [0.15, 0.2) is 11.0 Å². The van der Waals surface area contributed by atoms with Crippen LogP contribution in [0.1, 0.15) is 19.8 Å². The van der Waals surface area contributed by atoms with E-state index in [9.17, 15) is 9.59 Å². The smallest absolute Gasteiger partial charge is 0.309 e. The normalized spacial score (nSPS) is 14.9. The number of rotatable bonds is 6. The molecule has 2 aromatic rings. The molecule has 1 fully saturated rings. The second kappa shape index (κ2) is 9.43. The molecule has 2 heterocycles. The molecule has 1 aliphatic rings. The SMILES string of the molecule is CCOC(=O)C1CCN(C(=O)CSc2nnc(-c3ccc(Cl)cc3)n2C)CC1. The molecule has 3 rings (SSSR count). The maximum absolute atomic E-state index is 12.5. The van der Waals surface area contributed by atoms with Crippen molar-refractivity contribution >= 4 is 35.2 Å². The van der Waals surface area contributed by atoms with Gasteiger partial charge in [0.1, 0.15) is 0 Å². The lowest BCUT2D eigenvalue weighted by Gasteiger charge is -2.30. The van der Waals surface area contributed by atoms with E-state index in [2.05, 4.69) is 10.2 Å². The Labute approximate surface area is 173 Å². The Kier molecular flexibility index (Phi) is 6.96. The number of piperidine rings is 1. The molecule has 28 heavy (non-hydrogen) atoms. The molecule has 0 aliphatic carbocycles. The van der Waals surface area contributed by atoms with Crippen molar-refractivity contribution in [2.45, 2.75) is 24.9 Å². The molecule has 1 aromatic heterocycles. The molecule has 0 unspecified atom stereocenters. The second-order valence-corrected chi connectivity index (χ2v) is 7.95.